The van der Waals surface area contributed by atoms with Gasteiger partial charge in [0.05, 0.1) is 23.0 Å². The topological polar surface area (TPSA) is 133 Å². The van der Waals surface area contributed by atoms with Crippen LogP contribution in [0.5, 0.6) is 0 Å². The molecule has 0 fully saturated rings. The lowest BCUT2D eigenvalue weighted by molar-refractivity contribution is -0.380. The molecule has 2 aromatic rings. The van der Waals surface area contributed by atoms with Crippen molar-refractivity contribution in [3.63, 3.8) is 0 Å². The summed E-state index contributed by atoms with van der Waals surface area (Å²) in [5.41, 5.74) is 0.473. The first kappa shape index (κ1) is 21.5. The molecule has 1 aromatic carbocycles. The highest BCUT2D eigenvalue weighted by Gasteiger charge is 2.24. The summed E-state index contributed by atoms with van der Waals surface area (Å²) in [5.74, 6) is -2.06. The molecule has 1 amide bonds. The zero-order valence-electron chi connectivity index (χ0n) is 14.9. The Bertz CT molecular complexity index is 969. The number of anilines is 1. The third-order valence-corrected chi connectivity index (χ3v) is 6.12. The van der Waals surface area contributed by atoms with Crippen molar-refractivity contribution in [1.82, 2.24) is 0 Å². The Labute approximate surface area is 165 Å². The number of hydrogen-bond donors (Lipinski definition) is 1. The Balaban J connectivity index is 2.04. The van der Waals surface area contributed by atoms with Crippen molar-refractivity contribution in [1.29, 1.82) is 0 Å². The fourth-order valence-corrected chi connectivity index (χ4v) is 4.48. The maximum atomic E-state index is 12.2. The van der Waals surface area contributed by atoms with Crippen molar-refractivity contribution in [3.05, 3.63) is 57.6 Å². The molecule has 0 aliphatic heterocycles. The van der Waals surface area contributed by atoms with E-state index in [1.165, 1.54) is 0 Å². The first-order chi connectivity index (χ1) is 13.2. The second kappa shape index (κ2) is 9.42. The number of hydrogen-bond acceptors (Lipinski definition) is 8. The van der Waals surface area contributed by atoms with E-state index in [1.807, 2.05) is 0 Å². The fourth-order valence-electron chi connectivity index (χ4n) is 2.26. The Morgan fingerprint density at radius 3 is 2.54 bits per heavy atom. The summed E-state index contributed by atoms with van der Waals surface area (Å²) < 4.78 is 29.2. The van der Waals surface area contributed by atoms with Crippen LogP contribution in [-0.4, -0.2) is 37.6 Å². The number of sulfone groups is 1. The van der Waals surface area contributed by atoms with Crippen molar-refractivity contribution in [2.75, 3.05) is 17.7 Å². The summed E-state index contributed by atoms with van der Waals surface area (Å²) in [7, 11) is -3.52. The van der Waals surface area contributed by atoms with Gasteiger partial charge in [-0.2, -0.15) is 0 Å². The van der Waals surface area contributed by atoms with Crippen molar-refractivity contribution >= 4 is 43.1 Å². The molecule has 0 aliphatic rings. The minimum absolute atomic E-state index is 0.0457. The summed E-state index contributed by atoms with van der Waals surface area (Å²) in [5, 5.41) is 12.9. The number of carbonyl (C=O) groups excluding carboxylic acids is 2. The van der Waals surface area contributed by atoms with Crippen LogP contribution in [0.4, 0.5) is 10.0 Å². The standard InChI is InChI=1S/C17H18N2O7S2/c1-2-26-17(21)13-10-15(19(22)23)27-16(13)18-14(20)8-9-28(24,25)11-12-6-4-3-5-7-12/h3-7,10H,2,8-9,11H2,1H3,(H,18,20). The zero-order valence-corrected chi connectivity index (χ0v) is 16.5. The maximum Gasteiger partial charge on any atom is 0.341 e. The van der Waals surface area contributed by atoms with Crippen molar-refractivity contribution in [2.24, 2.45) is 0 Å². The van der Waals surface area contributed by atoms with Crippen LogP contribution in [0.3, 0.4) is 0 Å². The van der Waals surface area contributed by atoms with Crippen LogP contribution < -0.4 is 5.32 Å². The van der Waals surface area contributed by atoms with Gasteiger partial charge in [-0.1, -0.05) is 30.3 Å². The second-order valence-corrected chi connectivity index (χ2v) is 8.90. The number of carbonyl (C=O) groups is 2. The SMILES string of the molecule is CCOC(=O)c1cc([N+](=O)[O-])sc1NC(=O)CCS(=O)(=O)Cc1ccccc1. The third kappa shape index (κ3) is 6.13. The van der Waals surface area contributed by atoms with Crippen molar-refractivity contribution in [3.8, 4) is 0 Å². The molecule has 1 N–H and O–H groups in total. The number of ether oxygens (including phenoxy) is 1. The normalized spacial score (nSPS) is 11.0. The van der Waals surface area contributed by atoms with E-state index < -0.39 is 32.4 Å². The lowest BCUT2D eigenvalue weighted by Gasteiger charge is -2.07. The molecule has 0 saturated carbocycles. The Morgan fingerprint density at radius 1 is 1.25 bits per heavy atom. The second-order valence-electron chi connectivity index (χ2n) is 5.68. The Kier molecular flexibility index (Phi) is 7.24. The van der Waals surface area contributed by atoms with Crippen molar-refractivity contribution < 1.29 is 27.7 Å². The van der Waals surface area contributed by atoms with Gasteiger partial charge in [0.15, 0.2) is 9.84 Å². The molecule has 11 heteroatoms. The van der Waals surface area contributed by atoms with Gasteiger partial charge in [-0.05, 0) is 23.8 Å². The highest BCUT2D eigenvalue weighted by Crippen LogP contribution is 2.34. The molecule has 2 rings (SSSR count). The summed E-state index contributed by atoms with van der Waals surface area (Å²) in [6.07, 6.45) is -0.344. The Morgan fingerprint density at radius 2 is 1.93 bits per heavy atom. The maximum absolute atomic E-state index is 12.2. The number of nitro groups is 1. The Hall–Kier alpha value is -2.79. The summed E-state index contributed by atoms with van der Waals surface area (Å²) in [6.45, 7) is 1.64. The van der Waals surface area contributed by atoms with E-state index >= 15 is 0 Å². The molecule has 0 saturated heterocycles. The van der Waals surface area contributed by atoms with Crippen LogP contribution in [0.1, 0.15) is 29.3 Å². The number of rotatable bonds is 9. The smallest absolute Gasteiger partial charge is 0.341 e. The number of thiophene rings is 1. The van der Waals surface area contributed by atoms with Crippen LogP contribution in [0.2, 0.25) is 0 Å². The van der Waals surface area contributed by atoms with E-state index in [2.05, 4.69) is 5.32 Å². The number of benzene rings is 1. The van der Waals surface area contributed by atoms with Gasteiger partial charge in [-0.15, -0.1) is 0 Å². The number of esters is 1. The number of amides is 1. The van der Waals surface area contributed by atoms with E-state index in [4.69, 9.17) is 4.74 Å². The molecule has 0 unspecified atom stereocenters. The van der Waals surface area contributed by atoms with Gasteiger partial charge in [0.1, 0.15) is 10.6 Å². The minimum atomic E-state index is -3.52. The molecule has 0 aliphatic carbocycles. The highest BCUT2D eigenvalue weighted by atomic mass is 32.2. The molecular formula is C17H18N2O7S2. The lowest BCUT2D eigenvalue weighted by Crippen LogP contribution is -2.19. The van der Waals surface area contributed by atoms with Crippen LogP contribution in [0.25, 0.3) is 0 Å². The molecule has 0 atom stereocenters. The first-order valence-corrected chi connectivity index (χ1v) is 10.8. The predicted octanol–water partition coefficient (Wildman–Crippen LogP) is 2.78. The largest absolute Gasteiger partial charge is 0.462 e. The highest BCUT2D eigenvalue weighted by molar-refractivity contribution is 7.90. The van der Waals surface area contributed by atoms with E-state index in [9.17, 15) is 28.1 Å². The minimum Gasteiger partial charge on any atom is -0.462 e. The zero-order chi connectivity index (χ0) is 20.7. The lowest BCUT2D eigenvalue weighted by atomic mass is 10.2. The van der Waals surface area contributed by atoms with Crippen LogP contribution in [-0.2, 0) is 25.1 Å². The number of nitrogens with zero attached hydrogens (tertiary/aromatic N) is 1. The quantitative estimate of drug-likeness (QED) is 0.370. The summed E-state index contributed by atoms with van der Waals surface area (Å²) >= 11 is 0.605. The monoisotopic (exact) mass is 426 g/mol. The molecule has 1 aromatic heterocycles. The van der Waals surface area contributed by atoms with E-state index in [0.717, 1.165) is 6.07 Å². The first-order valence-electron chi connectivity index (χ1n) is 8.21. The van der Waals surface area contributed by atoms with Crippen LogP contribution >= 0.6 is 11.3 Å². The van der Waals surface area contributed by atoms with Gasteiger partial charge in [0, 0.05) is 12.5 Å². The molecule has 0 spiro atoms. The third-order valence-electron chi connectivity index (χ3n) is 3.52. The summed E-state index contributed by atoms with van der Waals surface area (Å²) in [6, 6.07) is 9.58. The molecule has 1 heterocycles. The van der Waals surface area contributed by atoms with Gasteiger partial charge < -0.3 is 10.1 Å². The molecule has 0 radical (unpaired) electrons. The molecule has 0 bridgehead atoms. The van der Waals surface area contributed by atoms with E-state index in [1.54, 1.807) is 37.3 Å². The van der Waals surface area contributed by atoms with Crippen LogP contribution in [0, 0.1) is 10.1 Å². The summed E-state index contributed by atoms with van der Waals surface area (Å²) in [4.78, 5) is 34.3. The molecule has 150 valence electrons. The van der Waals surface area contributed by atoms with E-state index in [0.29, 0.717) is 16.9 Å². The molecule has 9 nitrogen and oxygen atoms in total. The number of nitrogens with one attached hydrogen (secondary N) is 1. The van der Waals surface area contributed by atoms with Gasteiger partial charge in [0.2, 0.25) is 5.91 Å². The van der Waals surface area contributed by atoms with Crippen molar-refractivity contribution in [2.45, 2.75) is 19.1 Å². The average molecular weight is 426 g/mol. The fraction of sp³-hybridized carbons (Fsp3) is 0.294. The van der Waals surface area contributed by atoms with Gasteiger partial charge >= 0.3 is 11.0 Å². The van der Waals surface area contributed by atoms with Gasteiger partial charge in [-0.25, -0.2) is 13.2 Å². The molecule has 28 heavy (non-hydrogen) atoms. The van der Waals surface area contributed by atoms with Gasteiger partial charge in [-0.3, -0.25) is 14.9 Å². The molecular weight excluding hydrogens is 408 g/mol. The predicted molar refractivity (Wildman–Crippen MR) is 104 cm³/mol. The average Bonchev–Trinajstić information content (AvgIpc) is 3.05. The van der Waals surface area contributed by atoms with E-state index in [-0.39, 0.29) is 34.3 Å². The van der Waals surface area contributed by atoms with Gasteiger partial charge in [0.25, 0.3) is 0 Å². The van der Waals surface area contributed by atoms with Crippen LogP contribution in [0.15, 0.2) is 36.4 Å².